The lowest BCUT2D eigenvalue weighted by Crippen LogP contribution is -2.50. The Morgan fingerprint density at radius 1 is 1.03 bits per heavy atom. The highest BCUT2D eigenvalue weighted by Gasteiger charge is 2.27. The number of esters is 1. The van der Waals surface area contributed by atoms with Crippen LogP contribution in [0, 0.1) is 0 Å². The van der Waals surface area contributed by atoms with Crippen molar-refractivity contribution in [3.8, 4) is 5.69 Å². The maximum atomic E-state index is 12.5. The van der Waals surface area contributed by atoms with Crippen molar-refractivity contribution < 1.29 is 19.1 Å². The average Bonchev–Trinajstić information content (AvgIpc) is 3.19. The SMILES string of the molecule is CCOC(=O)c1cc(C(C)(C)C)nn1-c1ccc(N2CCN(C(=O)OC(C)(C)C)CC2)nc1. The van der Waals surface area contributed by atoms with E-state index >= 15 is 0 Å². The van der Waals surface area contributed by atoms with Crippen LogP contribution >= 0.6 is 0 Å². The second-order valence-electron chi connectivity index (χ2n) is 10.1. The van der Waals surface area contributed by atoms with Gasteiger partial charge in [-0.05, 0) is 45.9 Å². The molecular formula is C24H35N5O4. The van der Waals surface area contributed by atoms with E-state index < -0.39 is 11.6 Å². The molecule has 0 atom stereocenters. The van der Waals surface area contributed by atoms with Gasteiger partial charge in [-0.15, -0.1) is 0 Å². The van der Waals surface area contributed by atoms with Gasteiger partial charge in [0.25, 0.3) is 0 Å². The van der Waals surface area contributed by atoms with Crippen molar-refractivity contribution in [2.24, 2.45) is 0 Å². The third-order valence-electron chi connectivity index (χ3n) is 5.19. The molecule has 1 aliphatic heterocycles. The molecule has 9 nitrogen and oxygen atoms in total. The van der Waals surface area contributed by atoms with Crippen LogP contribution in [0.15, 0.2) is 24.4 Å². The summed E-state index contributed by atoms with van der Waals surface area (Å²) < 4.78 is 12.3. The highest BCUT2D eigenvalue weighted by molar-refractivity contribution is 5.88. The van der Waals surface area contributed by atoms with Gasteiger partial charge in [-0.25, -0.2) is 19.3 Å². The molecule has 2 aromatic heterocycles. The Bertz CT molecular complexity index is 978. The van der Waals surface area contributed by atoms with Crippen molar-refractivity contribution in [1.29, 1.82) is 0 Å². The van der Waals surface area contributed by atoms with Crippen LogP contribution in [0.5, 0.6) is 0 Å². The molecule has 0 bridgehead atoms. The number of carbonyl (C=O) groups excluding carboxylic acids is 2. The molecule has 3 rings (SSSR count). The largest absolute Gasteiger partial charge is 0.461 e. The summed E-state index contributed by atoms with van der Waals surface area (Å²) in [6, 6.07) is 5.58. The number of hydrogen-bond donors (Lipinski definition) is 0. The van der Waals surface area contributed by atoms with E-state index in [4.69, 9.17) is 9.47 Å². The van der Waals surface area contributed by atoms with E-state index in [-0.39, 0.29) is 11.5 Å². The number of amides is 1. The second kappa shape index (κ2) is 9.41. The third kappa shape index (κ3) is 6.03. The lowest BCUT2D eigenvalue weighted by atomic mass is 9.92. The third-order valence-corrected chi connectivity index (χ3v) is 5.19. The molecule has 1 saturated heterocycles. The summed E-state index contributed by atoms with van der Waals surface area (Å²) >= 11 is 0. The van der Waals surface area contributed by atoms with Gasteiger partial charge in [0.05, 0.1) is 24.2 Å². The molecular weight excluding hydrogens is 422 g/mol. The monoisotopic (exact) mass is 457 g/mol. The smallest absolute Gasteiger partial charge is 0.410 e. The molecule has 180 valence electrons. The number of ether oxygens (including phenoxy) is 2. The van der Waals surface area contributed by atoms with Crippen LogP contribution in [0.25, 0.3) is 5.69 Å². The molecule has 1 aliphatic rings. The topological polar surface area (TPSA) is 89.8 Å². The highest BCUT2D eigenvalue weighted by atomic mass is 16.6. The molecule has 0 saturated carbocycles. The zero-order valence-electron chi connectivity index (χ0n) is 20.7. The molecule has 9 heteroatoms. The Kier molecular flexibility index (Phi) is 7.00. The maximum Gasteiger partial charge on any atom is 0.410 e. The minimum absolute atomic E-state index is 0.215. The van der Waals surface area contributed by atoms with E-state index in [9.17, 15) is 9.59 Å². The van der Waals surface area contributed by atoms with Crippen LogP contribution in [0.3, 0.4) is 0 Å². The van der Waals surface area contributed by atoms with Crippen molar-refractivity contribution in [1.82, 2.24) is 19.7 Å². The van der Waals surface area contributed by atoms with Gasteiger partial charge in [-0.3, -0.25) is 0 Å². The van der Waals surface area contributed by atoms with Gasteiger partial charge in [-0.2, -0.15) is 5.10 Å². The van der Waals surface area contributed by atoms with Crippen LogP contribution in [0.4, 0.5) is 10.6 Å². The zero-order valence-corrected chi connectivity index (χ0v) is 20.7. The van der Waals surface area contributed by atoms with Crippen molar-refractivity contribution in [2.75, 3.05) is 37.7 Å². The molecule has 3 heterocycles. The Labute approximate surface area is 195 Å². The first-order valence-corrected chi connectivity index (χ1v) is 11.4. The molecule has 0 unspecified atom stereocenters. The molecule has 0 radical (unpaired) electrons. The summed E-state index contributed by atoms with van der Waals surface area (Å²) in [6.45, 7) is 16.3. The molecule has 33 heavy (non-hydrogen) atoms. The summed E-state index contributed by atoms with van der Waals surface area (Å²) in [4.78, 5) is 33.2. The molecule has 1 amide bonds. The number of pyridine rings is 1. The van der Waals surface area contributed by atoms with E-state index in [0.717, 1.165) is 11.5 Å². The maximum absolute atomic E-state index is 12.5. The number of piperazine rings is 1. The van der Waals surface area contributed by atoms with E-state index in [1.54, 1.807) is 28.8 Å². The number of aromatic nitrogens is 3. The summed E-state index contributed by atoms with van der Waals surface area (Å²) in [5, 5.41) is 4.66. The number of anilines is 1. The van der Waals surface area contributed by atoms with E-state index in [1.807, 2.05) is 53.7 Å². The van der Waals surface area contributed by atoms with Crippen molar-refractivity contribution >= 4 is 17.9 Å². The zero-order chi connectivity index (χ0) is 24.4. The number of nitrogens with zero attached hydrogens (tertiary/aromatic N) is 5. The number of carbonyl (C=O) groups is 2. The summed E-state index contributed by atoms with van der Waals surface area (Å²) in [6.07, 6.45) is 1.42. The predicted octanol–water partition coefficient (Wildman–Crippen LogP) is 3.80. The van der Waals surface area contributed by atoms with Crippen LogP contribution in [0.1, 0.15) is 64.6 Å². The first-order valence-electron chi connectivity index (χ1n) is 11.4. The molecule has 0 aliphatic carbocycles. The predicted molar refractivity (Wildman–Crippen MR) is 126 cm³/mol. The Morgan fingerprint density at radius 2 is 1.70 bits per heavy atom. The van der Waals surface area contributed by atoms with E-state index in [0.29, 0.717) is 44.2 Å². The van der Waals surface area contributed by atoms with Crippen LogP contribution in [0.2, 0.25) is 0 Å². The first-order chi connectivity index (χ1) is 15.4. The van der Waals surface area contributed by atoms with Crippen LogP contribution < -0.4 is 4.90 Å². The Balaban J connectivity index is 1.74. The summed E-state index contributed by atoms with van der Waals surface area (Å²) in [5.41, 5.74) is 1.14. The van der Waals surface area contributed by atoms with Gasteiger partial charge < -0.3 is 19.3 Å². The van der Waals surface area contributed by atoms with Gasteiger partial charge in [0, 0.05) is 31.6 Å². The minimum Gasteiger partial charge on any atom is -0.461 e. The first kappa shape index (κ1) is 24.5. The fourth-order valence-electron chi connectivity index (χ4n) is 3.43. The van der Waals surface area contributed by atoms with Gasteiger partial charge >= 0.3 is 12.1 Å². The molecule has 1 fully saturated rings. The standard InChI is InChI=1S/C24H35N5O4/c1-8-32-21(30)18-15-19(23(2,3)4)26-29(18)17-9-10-20(25-16-17)27-11-13-28(14-12-27)22(31)33-24(5,6)7/h9-10,15-16H,8,11-14H2,1-7H3. The quantitative estimate of drug-likeness (QED) is 0.645. The Morgan fingerprint density at radius 3 is 2.21 bits per heavy atom. The normalized spacial score (nSPS) is 14.9. The van der Waals surface area contributed by atoms with Crippen molar-refractivity contribution in [2.45, 2.75) is 59.5 Å². The molecule has 0 N–H and O–H groups in total. The summed E-state index contributed by atoms with van der Waals surface area (Å²) in [7, 11) is 0. The fourth-order valence-corrected chi connectivity index (χ4v) is 3.43. The number of rotatable bonds is 4. The van der Waals surface area contributed by atoms with Gasteiger partial charge in [-0.1, -0.05) is 20.8 Å². The molecule has 0 aromatic carbocycles. The van der Waals surface area contributed by atoms with Gasteiger partial charge in [0.15, 0.2) is 5.69 Å². The van der Waals surface area contributed by atoms with Gasteiger partial charge in [0.1, 0.15) is 11.4 Å². The molecule has 2 aromatic rings. The second-order valence-corrected chi connectivity index (χ2v) is 10.1. The highest BCUT2D eigenvalue weighted by Crippen LogP contribution is 2.25. The fraction of sp³-hybridized carbons (Fsp3) is 0.583. The Hall–Kier alpha value is -3.10. The van der Waals surface area contributed by atoms with Crippen LogP contribution in [-0.4, -0.2) is 70.1 Å². The lowest BCUT2D eigenvalue weighted by molar-refractivity contribution is 0.0240. The van der Waals surface area contributed by atoms with Crippen LogP contribution in [-0.2, 0) is 14.9 Å². The molecule has 0 spiro atoms. The van der Waals surface area contributed by atoms with Gasteiger partial charge in [0.2, 0.25) is 0 Å². The average molecular weight is 458 g/mol. The number of hydrogen-bond acceptors (Lipinski definition) is 7. The summed E-state index contributed by atoms with van der Waals surface area (Å²) in [5.74, 6) is 0.395. The lowest BCUT2D eigenvalue weighted by Gasteiger charge is -2.36. The minimum atomic E-state index is -0.507. The van der Waals surface area contributed by atoms with E-state index in [1.165, 1.54) is 0 Å². The van der Waals surface area contributed by atoms with Crippen molar-refractivity contribution in [3.63, 3.8) is 0 Å². The van der Waals surface area contributed by atoms with E-state index in [2.05, 4.69) is 15.0 Å². The van der Waals surface area contributed by atoms with Crippen molar-refractivity contribution in [3.05, 3.63) is 35.8 Å².